The molecule has 0 aliphatic carbocycles. The van der Waals surface area contributed by atoms with E-state index in [2.05, 4.69) is 20.5 Å². The number of hydrogen-bond acceptors (Lipinski definition) is 4. The zero-order valence-electron chi connectivity index (χ0n) is 17.0. The SMILES string of the molecule is O=C1NCc2c1c1c3ccccc3n3c1c1c2c2ccccc2n1C1OC3C[C@]1(O)CO. The molecule has 5 aromatic rings. The van der Waals surface area contributed by atoms with Crippen LogP contribution in [0.2, 0.25) is 0 Å². The van der Waals surface area contributed by atoms with Gasteiger partial charge >= 0.3 is 0 Å². The van der Waals surface area contributed by atoms with Crippen molar-refractivity contribution in [3.05, 3.63) is 59.7 Å². The number of amides is 1. The van der Waals surface area contributed by atoms with E-state index in [0.29, 0.717) is 6.54 Å². The highest BCUT2D eigenvalue weighted by Gasteiger charge is 2.52. The number of carbonyl (C=O) groups is 1. The molecule has 7 nitrogen and oxygen atoms in total. The second-order valence-corrected chi connectivity index (χ2v) is 9.17. The molecule has 0 spiro atoms. The van der Waals surface area contributed by atoms with Crippen LogP contribution in [0.5, 0.6) is 0 Å². The highest BCUT2D eigenvalue weighted by molar-refractivity contribution is 6.30. The number of aromatic nitrogens is 2. The summed E-state index contributed by atoms with van der Waals surface area (Å²) in [5.74, 6) is -0.0520. The molecule has 3 N–H and O–H groups in total. The van der Waals surface area contributed by atoms with Gasteiger partial charge in [0.25, 0.3) is 5.91 Å². The van der Waals surface area contributed by atoms with Gasteiger partial charge in [0.05, 0.1) is 34.2 Å². The number of para-hydroxylation sites is 2. The van der Waals surface area contributed by atoms with Crippen LogP contribution in [0.4, 0.5) is 0 Å². The van der Waals surface area contributed by atoms with Crippen molar-refractivity contribution >= 4 is 49.5 Å². The summed E-state index contributed by atoms with van der Waals surface area (Å²) in [6.45, 7) is 0.0676. The Bertz CT molecular complexity index is 1680. The normalized spacial score (nSPS) is 26.0. The van der Waals surface area contributed by atoms with Crippen LogP contribution >= 0.6 is 0 Å². The van der Waals surface area contributed by atoms with Crippen molar-refractivity contribution < 1.29 is 19.7 Å². The predicted molar refractivity (Wildman–Crippen MR) is 119 cm³/mol. The molecule has 5 heterocycles. The second kappa shape index (κ2) is 5.32. The van der Waals surface area contributed by atoms with E-state index >= 15 is 0 Å². The zero-order chi connectivity index (χ0) is 21.4. The van der Waals surface area contributed by atoms with E-state index < -0.39 is 24.7 Å². The Balaban J connectivity index is 1.76. The molecular weight excluding hydrogens is 406 g/mol. The molecular formula is C25H19N3O4. The van der Waals surface area contributed by atoms with E-state index in [9.17, 15) is 15.0 Å². The van der Waals surface area contributed by atoms with Gasteiger partial charge in [-0.15, -0.1) is 0 Å². The Hall–Kier alpha value is -3.39. The molecule has 2 unspecified atom stereocenters. The third-order valence-electron chi connectivity index (χ3n) is 7.62. The average molecular weight is 425 g/mol. The minimum Gasteiger partial charge on any atom is -0.393 e. The van der Waals surface area contributed by atoms with Crippen molar-refractivity contribution in [3.8, 4) is 0 Å². The number of fused-ring (bicyclic) bond motifs is 13. The number of aliphatic hydroxyl groups is 2. The fourth-order valence-electron chi connectivity index (χ4n) is 6.38. The van der Waals surface area contributed by atoms with Crippen LogP contribution in [-0.2, 0) is 11.3 Å². The van der Waals surface area contributed by atoms with Crippen LogP contribution in [0.25, 0.3) is 43.6 Å². The third-order valence-corrected chi connectivity index (χ3v) is 7.62. The van der Waals surface area contributed by atoms with Crippen molar-refractivity contribution in [2.45, 2.75) is 31.0 Å². The van der Waals surface area contributed by atoms with Gasteiger partial charge in [0.1, 0.15) is 11.8 Å². The number of nitrogens with one attached hydrogen (secondary N) is 1. The standard InChI is InChI=1S/C25H19N3O4/c29-11-25(31)9-17-27-15-7-3-2-6-13(15)19-20-14(10-26-23(20)30)18-12-5-1-4-8-16(12)28(24(25)32-17)21(18)22(19)27/h1-8,17,24,29,31H,9-11H2,(H,26,30)/t17?,24?,25-/m0/s1. The molecule has 32 heavy (non-hydrogen) atoms. The van der Waals surface area contributed by atoms with Gasteiger partial charge in [-0.2, -0.15) is 0 Å². The molecule has 3 aromatic carbocycles. The molecule has 158 valence electrons. The molecule has 2 aromatic heterocycles. The van der Waals surface area contributed by atoms with Crippen molar-refractivity contribution in [1.29, 1.82) is 0 Å². The summed E-state index contributed by atoms with van der Waals surface area (Å²) in [6.07, 6.45) is -0.924. The number of nitrogens with zero attached hydrogens (tertiary/aromatic N) is 2. The lowest BCUT2D eigenvalue weighted by atomic mass is 9.96. The molecule has 3 aliphatic heterocycles. The fourth-order valence-corrected chi connectivity index (χ4v) is 6.38. The second-order valence-electron chi connectivity index (χ2n) is 9.17. The third kappa shape index (κ3) is 1.69. The molecule has 2 bridgehead atoms. The van der Waals surface area contributed by atoms with Crippen molar-refractivity contribution in [3.63, 3.8) is 0 Å². The van der Waals surface area contributed by atoms with Crippen molar-refractivity contribution in [2.75, 3.05) is 6.61 Å². The monoisotopic (exact) mass is 425 g/mol. The number of aliphatic hydroxyl groups excluding tert-OH is 1. The molecule has 1 amide bonds. The van der Waals surface area contributed by atoms with Crippen LogP contribution < -0.4 is 5.32 Å². The summed E-state index contributed by atoms with van der Waals surface area (Å²) in [5.41, 5.74) is 4.10. The maximum atomic E-state index is 13.1. The maximum Gasteiger partial charge on any atom is 0.252 e. The molecule has 1 saturated heterocycles. The van der Waals surface area contributed by atoms with Gasteiger partial charge in [0.2, 0.25) is 0 Å². The minimum absolute atomic E-state index is 0.0520. The van der Waals surface area contributed by atoms with E-state index in [1.165, 1.54) is 0 Å². The van der Waals surface area contributed by atoms with Gasteiger partial charge in [-0.25, -0.2) is 0 Å². The highest BCUT2D eigenvalue weighted by atomic mass is 16.6. The van der Waals surface area contributed by atoms with Gasteiger partial charge in [0.15, 0.2) is 6.23 Å². The van der Waals surface area contributed by atoms with E-state index in [0.717, 1.165) is 54.7 Å². The first-order valence-electron chi connectivity index (χ1n) is 10.9. The lowest BCUT2D eigenvalue weighted by Crippen LogP contribution is -2.39. The number of carbonyl (C=O) groups excluding carboxylic acids is 1. The molecule has 3 aliphatic rings. The van der Waals surface area contributed by atoms with Gasteiger partial charge in [-0.1, -0.05) is 36.4 Å². The highest BCUT2D eigenvalue weighted by Crippen LogP contribution is 2.54. The molecule has 3 atom stereocenters. The smallest absolute Gasteiger partial charge is 0.252 e. The Morgan fingerprint density at radius 2 is 1.66 bits per heavy atom. The first kappa shape index (κ1) is 17.2. The van der Waals surface area contributed by atoms with Crippen LogP contribution in [0.1, 0.15) is 34.8 Å². The quantitative estimate of drug-likeness (QED) is 0.385. The van der Waals surface area contributed by atoms with Gasteiger partial charge in [0, 0.05) is 34.5 Å². The molecule has 8 rings (SSSR count). The number of ether oxygens (including phenoxy) is 1. The van der Waals surface area contributed by atoms with Gasteiger partial charge in [-0.05, 0) is 17.7 Å². The average Bonchev–Trinajstić information content (AvgIpc) is 3.51. The minimum atomic E-state index is -1.41. The fraction of sp³-hybridized carbons (Fsp3) is 0.240. The summed E-state index contributed by atoms with van der Waals surface area (Å²) < 4.78 is 10.7. The van der Waals surface area contributed by atoms with E-state index in [-0.39, 0.29) is 12.3 Å². The van der Waals surface area contributed by atoms with Crippen LogP contribution in [0.15, 0.2) is 48.5 Å². The van der Waals surface area contributed by atoms with Crippen LogP contribution in [0, 0.1) is 0 Å². The first-order valence-corrected chi connectivity index (χ1v) is 10.9. The molecule has 0 radical (unpaired) electrons. The Kier molecular flexibility index (Phi) is 2.86. The summed E-state index contributed by atoms with van der Waals surface area (Å²) in [4.78, 5) is 13.1. The van der Waals surface area contributed by atoms with Crippen molar-refractivity contribution in [1.82, 2.24) is 14.5 Å². The molecule has 7 heteroatoms. The van der Waals surface area contributed by atoms with Crippen LogP contribution in [0.3, 0.4) is 0 Å². The van der Waals surface area contributed by atoms with E-state index in [4.69, 9.17) is 4.74 Å². The zero-order valence-corrected chi connectivity index (χ0v) is 17.0. The van der Waals surface area contributed by atoms with Crippen LogP contribution in [-0.4, -0.2) is 37.5 Å². The maximum absolute atomic E-state index is 13.1. The lowest BCUT2D eigenvalue weighted by Gasteiger charge is -2.28. The predicted octanol–water partition coefficient (Wildman–Crippen LogP) is 3.30. The summed E-state index contributed by atoms with van der Waals surface area (Å²) in [6, 6.07) is 16.1. The Labute approximate surface area is 181 Å². The Morgan fingerprint density at radius 1 is 1.00 bits per heavy atom. The topological polar surface area (TPSA) is 88.7 Å². The number of benzene rings is 3. The first-order chi connectivity index (χ1) is 15.6. The summed E-state index contributed by atoms with van der Waals surface area (Å²) in [5, 5.41) is 28.7. The Morgan fingerprint density at radius 3 is 2.41 bits per heavy atom. The summed E-state index contributed by atoms with van der Waals surface area (Å²) in [7, 11) is 0. The number of hydrogen-bond donors (Lipinski definition) is 3. The molecule has 1 fully saturated rings. The van der Waals surface area contributed by atoms with E-state index in [1.807, 2.05) is 42.5 Å². The van der Waals surface area contributed by atoms with Crippen molar-refractivity contribution in [2.24, 2.45) is 0 Å². The number of rotatable bonds is 1. The van der Waals surface area contributed by atoms with Gasteiger partial charge < -0.3 is 29.4 Å². The lowest BCUT2D eigenvalue weighted by molar-refractivity contribution is -0.113. The molecule has 0 saturated carbocycles. The summed E-state index contributed by atoms with van der Waals surface area (Å²) >= 11 is 0. The largest absolute Gasteiger partial charge is 0.393 e. The van der Waals surface area contributed by atoms with Gasteiger partial charge in [-0.3, -0.25) is 4.79 Å². The van der Waals surface area contributed by atoms with E-state index in [1.54, 1.807) is 0 Å².